The van der Waals surface area contributed by atoms with Gasteiger partial charge in [-0.3, -0.25) is 9.59 Å². The van der Waals surface area contributed by atoms with Crippen LogP contribution in [0.1, 0.15) is 10.4 Å². The van der Waals surface area contributed by atoms with Crippen LogP contribution in [-0.2, 0) is 14.3 Å². The monoisotopic (exact) mass is 454 g/mol. The summed E-state index contributed by atoms with van der Waals surface area (Å²) in [6.07, 6.45) is 0. The normalized spacial score (nSPS) is 15.4. The molecule has 2 N–H and O–H groups in total. The minimum Gasteiger partial charge on any atom is -0.452 e. The molecule has 2 aliphatic rings. The SMILES string of the molecule is O=C1CSc2ccc(C(=O)OCC(=O)N3CCN(C(=O)Nc4ccccc4)CC3)cc2N1. The zero-order chi connectivity index (χ0) is 22.5. The molecule has 1 fully saturated rings. The second kappa shape index (κ2) is 9.73. The molecule has 2 aliphatic heterocycles. The summed E-state index contributed by atoms with van der Waals surface area (Å²) in [6.45, 7) is 1.12. The number of thioether (sulfide) groups is 1. The first-order valence-electron chi connectivity index (χ1n) is 10.1. The van der Waals surface area contributed by atoms with E-state index in [9.17, 15) is 19.2 Å². The van der Waals surface area contributed by atoms with Crippen LogP contribution in [0.4, 0.5) is 16.2 Å². The van der Waals surface area contributed by atoms with E-state index >= 15 is 0 Å². The van der Waals surface area contributed by atoms with Crippen molar-refractivity contribution in [2.75, 3.05) is 49.2 Å². The number of esters is 1. The van der Waals surface area contributed by atoms with Crippen LogP contribution in [0.15, 0.2) is 53.4 Å². The molecule has 10 heteroatoms. The number of carbonyl (C=O) groups is 4. The lowest BCUT2D eigenvalue weighted by atomic mass is 10.2. The maximum atomic E-state index is 12.4. The fourth-order valence-electron chi connectivity index (χ4n) is 3.39. The van der Waals surface area contributed by atoms with Crippen molar-refractivity contribution < 1.29 is 23.9 Å². The molecule has 0 radical (unpaired) electrons. The number of anilines is 2. The molecule has 2 aromatic rings. The highest BCUT2D eigenvalue weighted by atomic mass is 32.2. The van der Waals surface area contributed by atoms with Crippen LogP contribution in [0.5, 0.6) is 0 Å². The van der Waals surface area contributed by atoms with Gasteiger partial charge in [0.1, 0.15) is 0 Å². The van der Waals surface area contributed by atoms with Gasteiger partial charge in [-0.05, 0) is 30.3 Å². The largest absolute Gasteiger partial charge is 0.452 e. The number of ether oxygens (including phenoxy) is 1. The molecule has 4 amide bonds. The molecule has 0 bridgehead atoms. The van der Waals surface area contributed by atoms with Gasteiger partial charge in [-0.15, -0.1) is 11.8 Å². The van der Waals surface area contributed by atoms with Crippen molar-refractivity contribution in [3.05, 3.63) is 54.1 Å². The van der Waals surface area contributed by atoms with Crippen molar-refractivity contribution in [1.29, 1.82) is 0 Å². The van der Waals surface area contributed by atoms with Crippen molar-refractivity contribution in [2.24, 2.45) is 0 Å². The first kappa shape index (κ1) is 21.7. The molecule has 166 valence electrons. The summed E-state index contributed by atoms with van der Waals surface area (Å²) in [4.78, 5) is 52.8. The maximum absolute atomic E-state index is 12.4. The molecule has 0 aromatic heterocycles. The number of benzene rings is 2. The Hall–Kier alpha value is -3.53. The number of rotatable bonds is 4. The molecule has 9 nitrogen and oxygen atoms in total. The van der Waals surface area contributed by atoms with Crippen molar-refractivity contribution in [3.8, 4) is 0 Å². The molecule has 0 spiro atoms. The predicted octanol–water partition coefficient (Wildman–Crippen LogP) is 2.26. The highest BCUT2D eigenvalue weighted by Crippen LogP contribution is 2.32. The van der Waals surface area contributed by atoms with Gasteiger partial charge in [0.05, 0.1) is 17.0 Å². The van der Waals surface area contributed by atoms with Gasteiger partial charge in [0, 0.05) is 36.8 Å². The molecule has 0 unspecified atom stereocenters. The molecule has 2 heterocycles. The molecule has 0 aliphatic carbocycles. The summed E-state index contributed by atoms with van der Waals surface area (Å²) in [5, 5.41) is 5.54. The fourth-order valence-corrected chi connectivity index (χ4v) is 4.18. The van der Waals surface area contributed by atoms with Gasteiger partial charge < -0.3 is 25.2 Å². The van der Waals surface area contributed by atoms with Crippen molar-refractivity contribution >= 4 is 47.0 Å². The lowest BCUT2D eigenvalue weighted by molar-refractivity contribution is -0.135. The van der Waals surface area contributed by atoms with Crippen molar-refractivity contribution in [2.45, 2.75) is 4.90 Å². The topological polar surface area (TPSA) is 108 Å². The molecule has 1 saturated heterocycles. The highest BCUT2D eigenvalue weighted by Gasteiger charge is 2.25. The van der Waals surface area contributed by atoms with Gasteiger partial charge in [-0.2, -0.15) is 0 Å². The summed E-state index contributed by atoms with van der Waals surface area (Å²) in [5.74, 6) is -0.734. The number of hydrogen-bond acceptors (Lipinski definition) is 6. The van der Waals surface area contributed by atoms with E-state index in [2.05, 4.69) is 10.6 Å². The standard InChI is InChI=1S/C22H22N4O5S/c27-19-14-32-18-7-6-15(12-17(18)24-19)21(29)31-13-20(28)25-8-10-26(11-9-25)22(30)23-16-4-2-1-3-5-16/h1-7,12H,8-11,13-14H2,(H,23,30)(H,24,27). The Morgan fingerprint density at radius 2 is 1.72 bits per heavy atom. The average molecular weight is 455 g/mol. The maximum Gasteiger partial charge on any atom is 0.338 e. The second-order valence-corrected chi connectivity index (χ2v) is 8.31. The van der Waals surface area contributed by atoms with E-state index in [0.717, 1.165) is 4.90 Å². The summed E-state index contributed by atoms with van der Waals surface area (Å²) >= 11 is 1.40. The van der Waals surface area contributed by atoms with Gasteiger partial charge in [0.2, 0.25) is 5.91 Å². The van der Waals surface area contributed by atoms with Crippen LogP contribution in [0.3, 0.4) is 0 Å². The van der Waals surface area contributed by atoms with Crippen molar-refractivity contribution in [1.82, 2.24) is 9.80 Å². The first-order valence-corrected chi connectivity index (χ1v) is 11.1. The van der Waals surface area contributed by atoms with E-state index in [4.69, 9.17) is 4.74 Å². The van der Waals surface area contributed by atoms with E-state index in [1.165, 1.54) is 11.8 Å². The van der Waals surface area contributed by atoms with Gasteiger partial charge in [-0.1, -0.05) is 18.2 Å². The summed E-state index contributed by atoms with van der Waals surface area (Å²) in [5.41, 5.74) is 1.54. The van der Waals surface area contributed by atoms with Crippen LogP contribution in [0, 0.1) is 0 Å². The van der Waals surface area contributed by atoms with E-state index in [0.29, 0.717) is 43.3 Å². The fraction of sp³-hybridized carbons (Fsp3) is 0.273. The lowest BCUT2D eigenvalue weighted by Gasteiger charge is -2.34. The zero-order valence-electron chi connectivity index (χ0n) is 17.2. The Labute approximate surface area is 189 Å². The molecular weight excluding hydrogens is 432 g/mol. The van der Waals surface area contributed by atoms with E-state index in [1.807, 2.05) is 18.2 Å². The third-order valence-electron chi connectivity index (χ3n) is 5.12. The number of nitrogens with zero attached hydrogens (tertiary/aromatic N) is 2. The number of nitrogens with one attached hydrogen (secondary N) is 2. The van der Waals surface area contributed by atoms with Crippen LogP contribution >= 0.6 is 11.8 Å². The molecule has 32 heavy (non-hydrogen) atoms. The Morgan fingerprint density at radius 3 is 2.47 bits per heavy atom. The summed E-state index contributed by atoms with van der Waals surface area (Å²) in [7, 11) is 0. The van der Waals surface area contributed by atoms with Gasteiger partial charge in [-0.25, -0.2) is 9.59 Å². The highest BCUT2D eigenvalue weighted by molar-refractivity contribution is 8.00. The third kappa shape index (κ3) is 5.20. The molecule has 0 saturated carbocycles. The molecule has 2 aromatic carbocycles. The average Bonchev–Trinajstić information content (AvgIpc) is 2.82. The first-order chi connectivity index (χ1) is 15.5. The number of para-hydroxylation sites is 1. The van der Waals surface area contributed by atoms with Crippen LogP contribution in [0.2, 0.25) is 0 Å². The zero-order valence-corrected chi connectivity index (χ0v) is 18.0. The van der Waals surface area contributed by atoms with E-state index in [-0.39, 0.29) is 30.0 Å². The molecule has 4 rings (SSSR count). The van der Waals surface area contributed by atoms with Crippen LogP contribution in [-0.4, -0.2) is 72.2 Å². The molecule has 0 atom stereocenters. The van der Waals surface area contributed by atoms with E-state index in [1.54, 1.807) is 40.1 Å². The Balaban J connectivity index is 1.24. The number of amides is 4. The number of hydrogen-bond donors (Lipinski definition) is 2. The number of carbonyl (C=O) groups excluding carboxylic acids is 4. The van der Waals surface area contributed by atoms with Crippen LogP contribution < -0.4 is 10.6 Å². The van der Waals surface area contributed by atoms with Crippen LogP contribution in [0.25, 0.3) is 0 Å². The summed E-state index contributed by atoms with van der Waals surface area (Å²) < 4.78 is 5.17. The minimum atomic E-state index is -0.633. The lowest BCUT2D eigenvalue weighted by Crippen LogP contribution is -2.52. The second-order valence-electron chi connectivity index (χ2n) is 7.29. The summed E-state index contributed by atoms with van der Waals surface area (Å²) in [6, 6.07) is 13.9. The van der Waals surface area contributed by atoms with Gasteiger partial charge >= 0.3 is 12.0 Å². The predicted molar refractivity (Wildman–Crippen MR) is 120 cm³/mol. The Bertz CT molecular complexity index is 1040. The van der Waals surface area contributed by atoms with E-state index < -0.39 is 5.97 Å². The van der Waals surface area contributed by atoms with Gasteiger partial charge in [0.15, 0.2) is 6.61 Å². The quantitative estimate of drug-likeness (QED) is 0.687. The Kier molecular flexibility index (Phi) is 6.60. The number of fused-ring (bicyclic) bond motifs is 1. The van der Waals surface area contributed by atoms with Gasteiger partial charge in [0.25, 0.3) is 5.91 Å². The number of piperazine rings is 1. The Morgan fingerprint density at radius 1 is 1.00 bits per heavy atom. The minimum absolute atomic E-state index is 0.125. The van der Waals surface area contributed by atoms with Crippen molar-refractivity contribution in [3.63, 3.8) is 0 Å². The third-order valence-corrected chi connectivity index (χ3v) is 6.19. The smallest absolute Gasteiger partial charge is 0.338 e. The molecular formula is C22H22N4O5S. The number of urea groups is 1.